The van der Waals surface area contributed by atoms with Gasteiger partial charge in [0.25, 0.3) is 11.8 Å². The van der Waals surface area contributed by atoms with E-state index in [1.54, 1.807) is 30.7 Å². The first kappa shape index (κ1) is 24.1. The molecule has 4 heterocycles. The zero-order valence-electron chi connectivity index (χ0n) is 21.4. The van der Waals surface area contributed by atoms with Crippen LogP contribution in [0, 0.1) is 0 Å². The summed E-state index contributed by atoms with van der Waals surface area (Å²) < 4.78 is 5.67. The number of hydrogen-bond acceptors (Lipinski definition) is 6. The minimum Gasteiger partial charge on any atom is -0.368 e. The Morgan fingerprint density at radius 2 is 1.89 bits per heavy atom. The summed E-state index contributed by atoms with van der Waals surface area (Å²) in [4.78, 5) is 37.1. The van der Waals surface area contributed by atoms with E-state index in [0.717, 1.165) is 40.6 Å². The number of nitrogens with one attached hydrogen (secondary N) is 2. The smallest absolute Gasteiger partial charge is 0.259 e. The van der Waals surface area contributed by atoms with Crippen molar-refractivity contribution in [3.05, 3.63) is 84.3 Å². The Morgan fingerprint density at radius 3 is 2.74 bits per heavy atom. The standard InChI is InChI=1S/C30H29N5O3/c1-30(2)18-35(29(37)26-6-4-14-38-26)25-16-22(9-10-24(25)30)34-28(36)23-5-3-12-32-27(23)33-21-8-7-19-11-13-31-17-20(19)15-21/h3,5,7-13,15-17,26H,4,6,14,18H2,1-2H3,(H,32,33)(H,34,36)/t26-/m0/s1. The van der Waals surface area contributed by atoms with E-state index in [1.165, 1.54) is 0 Å². The molecule has 0 saturated carbocycles. The van der Waals surface area contributed by atoms with Crippen LogP contribution in [0.25, 0.3) is 10.8 Å². The molecule has 38 heavy (non-hydrogen) atoms. The van der Waals surface area contributed by atoms with Crippen molar-refractivity contribution in [2.45, 2.75) is 38.2 Å². The van der Waals surface area contributed by atoms with Crippen LogP contribution in [0.15, 0.2) is 73.2 Å². The third kappa shape index (κ3) is 4.48. The molecule has 0 spiro atoms. The summed E-state index contributed by atoms with van der Waals surface area (Å²) in [5.74, 6) is 0.144. The maximum atomic E-state index is 13.4. The molecular weight excluding hydrogens is 478 g/mol. The van der Waals surface area contributed by atoms with Gasteiger partial charge in [-0.15, -0.1) is 0 Å². The Bertz CT molecular complexity index is 1540. The molecular formula is C30H29N5O3. The average Bonchev–Trinajstić information content (AvgIpc) is 3.55. The Hall–Kier alpha value is -4.30. The molecule has 1 saturated heterocycles. The number of fused-ring (bicyclic) bond motifs is 2. The Balaban J connectivity index is 1.25. The van der Waals surface area contributed by atoms with E-state index in [-0.39, 0.29) is 17.2 Å². The summed E-state index contributed by atoms with van der Waals surface area (Å²) in [6.45, 7) is 5.46. The van der Waals surface area contributed by atoms with Crippen LogP contribution in [0.3, 0.4) is 0 Å². The summed E-state index contributed by atoms with van der Waals surface area (Å²) >= 11 is 0. The van der Waals surface area contributed by atoms with Gasteiger partial charge in [-0.05, 0) is 66.3 Å². The largest absolute Gasteiger partial charge is 0.368 e. The highest BCUT2D eigenvalue weighted by Gasteiger charge is 2.41. The second-order valence-electron chi connectivity index (χ2n) is 10.5. The monoisotopic (exact) mass is 507 g/mol. The predicted octanol–water partition coefficient (Wildman–Crippen LogP) is 5.43. The van der Waals surface area contributed by atoms with Crippen molar-refractivity contribution in [2.24, 2.45) is 0 Å². The lowest BCUT2D eigenvalue weighted by atomic mass is 9.87. The van der Waals surface area contributed by atoms with Crippen LogP contribution >= 0.6 is 0 Å². The van der Waals surface area contributed by atoms with Crippen LogP contribution in [0.1, 0.15) is 42.6 Å². The summed E-state index contributed by atoms with van der Waals surface area (Å²) in [6, 6.07) is 17.1. The first-order valence-electron chi connectivity index (χ1n) is 12.8. The van der Waals surface area contributed by atoms with Gasteiger partial charge in [-0.2, -0.15) is 0 Å². The summed E-state index contributed by atoms with van der Waals surface area (Å²) in [6.07, 6.45) is 6.45. The predicted molar refractivity (Wildman–Crippen MR) is 148 cm³/mol. The highest BCUT2D eigenvalue weighted by molar-refractivity contribution is 6.08. The number of aromatic nitrogens is 2. The van der Waals surface area contributed by atoms with E-state index in [0.29, 0.717) is 30.2 Å². The van der Waals surface area contributed by atoms with Crippen molar-refractivity contribution < 1.29 is 14.3 Å². The highest BCUT2D eigenvalue weighted by atomic mass is 16.5. The maximum Gasteiger partial charge on any atom is 0.259 e. The van der Waals surface area contributed by atoms with E-state index in [2.05, 4.69) is 34.4 Å². The van der Waals surface area contributed by atoms with Crippen molar-refractivity contribution in [3.63, 3.8) is 0 Å². The molecule has 2 amide bonds. The Kier molecular flexibility index (Phi) is 6.04. The summed E-state index contributed by atoms with van der Waals surface area (Å²) in [5.41, 5.74) is 3.54. The molecule has 0 radical (unpaired) electrons. The third-order valence-corrected chi connectivity index (χ3v) is 7.26. The van der Waals surface area contributed by atoms with Gasteiger partial charge in [-0.3, -0.25) is 14.6 Å². The van der Waals surface area contributed by atoms with E-state index in [1.807, 2.05) is 47.4 Å². The molecule has 0 bridgehead atoms. The maximum absolute atomic E-state index is 13.4. The van der Waals surface area contributed by atoms with Crippen molar-refractivity contribution in [1.82, 2.24) is 9.97 Å². The number of ether oxygens (including phenoxy) is 1. The van der Waals surface area contributed by atoms with E-state index in [4.69, 9.17) is 4.74 Å². The number of amides is 2. The van der Waals surface area contributed by atoms with Crippen molar-refractivity contribution in [3.8, 4) is 0 Å². The third-order valence-electron chi connectivity index (χ3n) is 7.26. The second kappa shape index (κ2) is 9.54. The quantitative estimate of drug-likeness (QED) is 0.374. The SMILES string of the molecule is CC1(C)CN(C(=O)[C@@H]2CCCO2)c2cc(NC(=O)c3cccnc3Nc3ccc4ccncc4c3)ccc21. The zero-order chi connectivity index (χ0) is 26.3. The summed E-state index contributed by atoms with van der Waals surface area (Å²) in [5, 5.41) is 8.34. The van der Waals surface area contributed by atoms with Crippen LogP contribution in [0.5, 0.6) is 0 Å². The summed E-state index contributed by atoms with van der Waals surface area (Å²) in [7, 11) is 0. The van der Waals surface area contributed by atoms with Gasteiger partial charge >= 0.3 is 0 Å². The van der Waals surface area contributed by atoms with Gasteiger partial charge in [0, 0.05) is 59.6 Å². The molecule has 4 aromatic rings. The van der Waals surface area contributed by atoms with Crippen molar-refractivity contribution >= 4 is 45.5 Å². The first-order valence-corrected chi connectivity index (χ1v) is 12.8. The van der Waals surface area contributed by atoms with Gasteiger partial charge in [0.05, 0.1) is 5.56 Å². The minimum atomic E-state index is -0.398. The van der Waals surface area contributed by atoms with Gasteiger partial charge < -0.3 is 20.3 Å². The fraction of sp³-hybridized carbons (Fsp3) is 0.267. The topological polar surface area (TPSA) is 96.5 Å². The van der Waals surface area contributed by atoms with Gasteiger partial charge in [0.2, 0.25) is 0 Å². The fourth-order valence-electron chi connectivity index (χ4n) is 5.30. The normalized spacial score (nSPS) is 17.8. The number of benzene rings is 2. The van der Waals surface area contributed by atoms with Gasteiger partial charge in [0.15, 0.2) is 0 Å². The number of carbonyl (C=O) groups excluding carboxylic acids is 2. The lowest BCUT2D eigenvalue weighted by Crippen LogP contribution is -2.40. The molecule has 6 rings (SSSR count). The molecule has 1 fully saturated rings. The molecule has 192 valence electrons. The molecule has 2 N–H and O–H groups in total. The van der Waals surface area contributed by atoms with Gasteiger partial charge in [-0.25, -0.2) is 4.98 Å². The molecule has 8 nitrogen and oxygen atoms in total. The van der Waals surface area contributed by atoms with E-state index >= 15 is 0 Å². The molecule has 2 aromatic carbocycles. The van der Waals surface area contributed by atoms with E-state index < -0.39 is 6.10 Å². The molecule has 2 aliphatic heterocycles. The van der Waals surface area contributed by atoms with Crippen LogP contribution in [0.2, 0.25) is 0 Å². The average molecular weight is 508 g/mol. The number of carbonyl (C=O) groups is 2. The second-order valence-corrected chi connectivity index (χ2v) is 10.5. The van der Waals surface area contributed by atoms with Gasteiger partial charge in [-0.1, -0.05) is 26.0 Å². The van der Waals surface area contributed by atoms with Crippen LogP contribution < -0.4 is 15.5 Å². The minimum absolute atomic E-state index is 0.0119. The van der Waals surface area contributed by atoms with Crippen LogP contribution in [-0.4, -0.2) is 41.0 Å². The molecule has 1 atom stereocenters. The van der Waals surface area contributed by atoms with Crippen LogP contribution in [0.4, 0.5) is 22.9 Å². The molecule has 2 aromatic heterocycles. The van der Waals surface area contributed by atoms with Crippen molar-refractivity contribution in [1.29, 1.82) is 0 Å². The fourth-order valence-corrected chi connectivity index (χ4v) is 5.30. The lowest BCUT2D eigenvalue weighted by Gasteiger charge is -2.23. The number of anilines is 4. The van der Waals surface area contributed by atoms with E-state index in [9.17, 15) is 9.59 Å². The zero-order valence-corrected chi connectivity index (χ0v) is 21.4. The lowest BCUT2D eigenvalue weighted by molar-refractivity contribution is -0.127. The Morgan fingerprint density at radius 1 is 1.03 bits per heavy atom. The number of nitrogens with zero attached hydrogens (tertiary/aromatic N) is 3. The van der Waals surface area contributed by atoms with Crippen LogP contribution in [-0.2, 0) is 14.9 Å². The number of pyridine rings is 2. The number of rotatable bonds is 5. The molecule has 0 unspecified atom stereocenters. The molecule has 0 aliphatic carbocycles. The Labute approximate surface area is 221 Å². The van der Waals surface area contributed by atoms with Crippen molar-refractivity contribution in [2.75, 3.05) is 28.7 Å². The van der Waals surface area contributed by atoms with Gasteiger partial charge in [0.1, 0.15) is 11.9 Å². The molecule has 8 heteroatoms. The number of hydrogen-bond donors (Lipinski definition) is 2. The first-order chi connectivity index (χ1) is 18.4. The molecule has 2 aliphatic rings. The highest BCUT2D eigenvalue weighted by Crippen LogP contribution is 2.42.